The monoisotopic (exact) mass is 323 g/mol. The average Bonchev–Trinajstić information content (AvgIpc) is 2.48. The summed E-state index contributed by atoms with van der Waals surface area (Å²) in [5.74, 6) is -0.925. The molecular weight excluding hydrogens is 309 g/mol. The van der Waals surface area contributed by atoms with Crippen molar-refractivity contribution in [2.45, 2.75) is 19.9 Å². The van der Waals surface area contributed by atoms with Gasteiger partial charge >= 0.3 is 0 Å². The molecule has 1 heterocycles. The van der Waals surface area contributed by atoms with Gasteiger partial charge in [-0.05, 0) is 24.6 Å². The first kappa shape index (κ1) is 16.2. The summed E-state index contributed by atoms with van der Waals surface area (Å²) in [6, 6.07) is 5.03. The number of benzene rings is 1. The van der Waals surface area contributed by atoms with E-state index in [1.54, 1.807) is 0 Å². The zero-order valence-corrected chi connectivity index (χ0v) is 12.7. The minimum atomic E-state index is -0.504. The second-order valence-corrected chi connectivity index (χ2v) is 5.05. The molecule has 1 amide bonds. The van der Waals surface area contributed by atoms with Gasteiger partial charge < -0.3 is 5.32 Å². The number of hydrogen-bond acceptors (Lipinski definition) is 3. The van der Waals surface area contributed by atoms with Crippen LogP contribution in [0.2, 0.25) is 5.02 Å². The molecule has 2 rings (SSSR count). The Kier molecular flexibility index (Phi) is 5.27. The lowest BCUT2D eigenvalue weighted by Crippen LogP contribution is -2.31. The second kappa shape index (κ2) is 7.17. The Morgan fingerprint density at radius 3 is 2.82 bits per heavy atom. The van der Waals surface area contributed by atoms with E-state index in [0.29, 0.717) is 13.0 Å². The number of halogens is 2. The molecule has 22 heavy (non-hydrogen) atoms. The number of carbonyl (C=O) groups excluding carboxylic acids is 1. The number of nitrogens with zero attached hydrogens (tertiary/aromatic N) is 2. The SMILES string of the molecule is CCc1cc(=O)n(CCNC(=O)c2ccc(F)cc2Cl)cn1. The van der Waals surface area contributed by atoms with Gasteiger partial charge in [0.25, 0.3) is 11.5 Å². The van der Waals surface area contributed by atoms with Crippen molar-refractivity contribution in [3.8, 4) is 0 Å². The van der Waals surface area contributed by atoms with Crippen LogP contribution in [0.5, 0.6) is 0 Å². The predicted octanol–water partition coefficient (Wildman–Crippen LogP) is 2.03. The Morgan fingerprint density at radius 1 is 1.41 bits per heavy atom. The van der Waals surface area contributed by atoms with Gasteiger partial charge in [-0.2, -0.15) is 0 Å². The molecule has 1 aromatic carbocycles. The Labute approximate surface area is 131 Å². The molecule has 0 aliphatic carbocycles. The van der Waals surface area contributed by atoms with Gasteiger partial charge in [-0.1, -0.05) is 18.5 Å². The topological polar surface area (TPSA) is 64.0 Å². The van der Waals surface area contributed by atoms with Gasteiger partial charge in [-0.15, -0.1) is 0 Å². The van der Waals surface area contributed by atoms with Crippen LogP contribution in [-0.4, -0.2) is 22.0 Å². The van der Waals surface area contributed by atoms with Gasteiger partial charge in [-0.25, -0.2) is 9.37 Å². The van der Waals surface area contributed by atoms with Crippen LogP contribution in [0.15, 0.2) is 35.4 Å². The summed E-state index contributed by atoms with van der Waals surface area (Å²) in [5.41, 5.74) is 0.749. The number of hydrogen-bond donors (Lipinski definition) is 1. The van der Waals surface area contributed by atoms with Crippen LogP contribution in [0.3, 0.4) is 0 Å². The molecular formula is C15H15ClFN3O2. The maximum atomic E-state index is 12.9. The number of aromatic nitrogens is 2. The molecule has 0 fully saturated rings. The molecule has 7 heteroatoms. The highest BCUT2D eigenvalue weighted by molar-refractivity contribution is 6.33. The maximum Gasteiger partial charge on any atom is 0.253 e. The number of nitrogens with one attached hydrogen (secondary N) is 1. The molecule has 0 atom stereocenters. The van der Waals surface area contributed by atoms with Crippen LogP contribution in [-0.2, 0) is 13.0 Å². The highest BCUT2D eigenvalue weighted by Gasteiger charge is 2.10. The van der Waals surface area contributed by atoms with E-state index in [1.165, 1.54) is 29.1 Å². The van der Waals surface area contributed by atoms with Gasteiger partial charge in [-0.3, -0.25) is 14.2 Å². The standard InChI is InChI=1S/C15H15ClFN3O2/c1-2-11-8-14(21)20(9-19-11)6-5-18-15(22)12-4-3-10(17)7-13(12)16/h3-4,7-9H,2,5-6H2,1H3,(H,18,22). The lowest BCUT2D eigenvalue weighted by Gasteiger charge is -2.08. The van der Waals surface area contributed by atoms with Crippen LogP contribution in [0.4, 0.5) is 4.39 Å². The van der Waals surface area contributed by atoms with Crippen LogP contribution in [0, 0.1) is 5.82 Å². The lowest BCUT2D eigenvalue weighted by atomic mass is 10.2. The van der Waals surface area contributed by atoms with E-state index in [1.807, 2.05) is 6.92 Å². The van der Waals surface area contributed by atoms with Gasteiger partial charge in [0, 0.05) is 24.8 Å². The van der Waals surface area contributed by atoms with E-state index in [2.05, 4.69) is 10.3 Å². The quantitative estimate of drug-likeness (QED) is 0.915. The van der Waals surface area contributed by atoms with E-state index < -0.39 is 11.7 Å². The third-order valence-corrected chi connectivity index (χ3v) is 3.43. The van der Waals surface area contributed by atoms with Crippen molar-refractivity contribution in [1.82, 2.24) is 14.9 Å². The first-order valence-electron chi connectivity index (χ1n) is 6.80. The Morgan fingerprint density at radius 2 is 2.18 bits per heavy atom. The second-order valence-electron chi connectivity index (χ2n) is 4.65. The van der Waals surface area contributed by atoms with E-state index >= 15 is 0 Å². The first-order valence-corrected chi connectivity index (χ1v) is 7.17. The molecule has 5 nitrogen and oxygen atoms in total. The van der Waals surface area contributed by atoms with Crippen LogP contribution < -0.4 is 10.9 Å². The summed E-state index contributed by atoms with van der Waals surface area (Å²) in [5, 5.41) is 2.68. The Hall–Kier alpha value is -2.21. The fourth-order valence-corrected chi connectivity index (χ4v) is 2.14. The van der Waals surface area contributed by atoms with Crippen molar-refractivity contribution < 1.29 is 9.18 Å². The van der Waals surface area contributed by atoms with Crippen molar-refractivity contribution in [3.63, 3.8) is 0 Å². The number of rotatable bonds is 5. The molecule has 0 radical (unpaired) electrons. The smallest absolute Gasteiger partial charge is 0.253 e. The molecule has 1 N–H and O–H groups in total. The summed E-state index contributed by atoms with van der Waals surface area (Å²) < 4.78 is 14.3. The van der Waals surface area contributed by atoms with E-state index in [9.17, 15) is 14.0 Å². The van der Waals surface area contributed by atoms with E-state index in [0.717, 1.165) is 11.8 Å². The molecule has 0 aliphatic rings. The van der Waals surface area contributed by atoms with Gasteiger partial charge in [0.05, 0.1) is 16.9 Å². The predicted molar refractivity (Wildman–Crippen MR) is 81.6 cm³/mol. The highest BCUT2D eigenvalue weighted by atomic mass is 35.5. The highest BCUT2D eigenvalue weighted by Crippen LogP contribution is 2.16. The van der Waals surface area contributed by atoms with E-state index in [-0.39, 0.29) is 22.7 Å². The third-order valence-electron chi connectivity index (χ3n) is 3.11. The number of carbonyl (C=O) groups is 1. The molecule has 1 aromatic heterocycles. The molecule has 0 bridgehead atoms. The summed E-state index contributed by atoms with van der Waals surface area (Å²) in [6.07, 6.45) is 2.15. The zero-order valence-electron chi connectivity index (χ0n) is 12.0. The molecule has 0 saturated carbocycles. The molecule has 0 aliphatic heterocycles. The fourth-order valence-electron chi connectivity index (χ4n) is 1.88. The van der Waals surface area contributed by atoms with Crippen molar-refractivity contribution in [1.29, 1.82) is 0 Å². The van der Waals surface area contributed by atoms with Gasteiger partial charge in [0.2, 0.25) is 0 Å². The van der Waals surface area contributed by atoms with Crippen LogP contribution in [0.25, 0.3) is 0 Å². The van der Waals surface area contributed by atoms with Gasteiger partial charge in [0.1, 0.15) is 5.82 Å². The Bertz CT molecular complexity index is 746. The summed E-state index contributed by atoms with van der Waals surface area (Å²) in [7, 11) is 0. The molecule has 116 valence electrons. The molecule has 0 unspecified atom stereocenters. The van der Waals surface area contributed by atoms with Crippen molar-refractivity contribution in [2.24, 2.45) is 0 Å². The molecule has 0 spiro atoms. The lowest BCUT2D eigenvalue weighted by molar-refractivity contribution is 0.0952. The summed E-state index contributed by atoms with van der Waals surface area (Å²) >= 11 is 5.81. The maximum absolute atomic E-state index is 12.9. The Balaban J connectivity index is 1.96. The molecule has 2 aromatic rings. The average molecular weight is 324 g/mol. The fraction of sp³-hybridized carbons (Fsp3) is 0.267. The van der Waals surface area contributed by atoms with Crippen LogP contribution >= 0.6 is 11.6 Å². The number of amides is 1. The normalized spacial score (nSPS) is 10.5. The minimum Gasteiger partial charge on any atom is -0.350 e. The first-order chi connectivity index (χ1) is 10.5. The largest absolute Gasteiger partial charge is 0.350 e. The van der Waals surface area contributed by atoms with E-state index in [4.69, 9.17) is 11.6 Å². The zero-order chi connectivity index (χ0) is 16.1. The molecule has 0 saturated heterocycles. The van der Waals surface area contributed by atoms with Crippen molar-refractivity contribution in [3.05, 3.63) is 63.0 Å². The van der Waals surface area contributed by atoms with Crippen molar-refractivity contribution >= 4 is 17.5 Å². The van der Waals surface area contributed by atoms with Gasteiger partial charge in [0.15, 0.2) is 0 Å². The minimum absolute atomic E-state index is 0.0450. The van der Waals surface area contributed by atoms with Crippen LogP contribution in [0.1, 0.15) is 23.0 Å². The van der Waals surface area contributed by atoms with Crippen molar-refractivity contribution in [2.75, 3.05) is 6.54 Å². The number of aryl methyl sites for hydroxylation is 1. The summed E-state index contributed by atoms with van der Waals surface area (Å²) in [6.45, 7) is 2.44. The summed E-state index contributed by atoms with van der Waals surface area (Å²) in [4.78, 5) is 27.8. The third kappa shape index (κ3) is 3.92.